The zero-order valence-corrected chi connectivity index (χ0v) is 34.3. The van der Waals surface area contributed by atoms with Crippen molar-refractivity contribution in [1.82, 2.24) is 0 Å². The van der Waals surface area contributed by atoms with Crippen LogP contribution in [0, 0.1) is 0 Å². The molecule has 1 aliphatic carbocycles. The maximum Gasteiger partial charge on any atom is 0.143 e. The maximum absolute atomic E-state index is 6.72. The molecule has 0 saturated carbocycles. The monoisotopic (exact) mass is 809 g/mol. The van der Waals surface area contributed by atoms with Gasteiger partial charge in [0.2, 0.25) is 0 Å². The third-order valence-electron chi connectivity index (χ3n) is 12.2. The van der Waals surface area contributed by atoms with Crippen LogP contribution in [0.4, 0.5) is 17.1 Å². The summed E-state index contributed by atoms with van der Waals surface area (Å²) in [7, 11) is 0. The van der Waals surface area contributed by atoms with Crippen molar-refractivity contribution in [3.05, 3.63) is 224 Å². The highest BCUT2D eigenvalue weighted by molar-refractivity contribution is 6.11. The van der Waals surface area contributed by atoms with Gasteiger partial charge in [0.15, 0.2) is 0 Å². The second-order valence-corrected chi connectivity index (χ2v) is 16.0. The van der Waals surface area contributed by atoms with Gasteiger partial charge in [-0.3, -0.25) is 0 Å². The summed E-state index contributed by atoms with van der Waals surface area (Å²) in [4.78, 5) is 2.32. The highest BCUT2D eigenvalue weighted by atomic mass is 16.3. The van der Waals surface area contributed by atoms with Gasteiger partial charge in [-0.15, -0.1) is 0 Å². The van der Waals surface area contributed by atoms with E-state index in [2.05, 4.69) is 194 Å². The number of allylic oxidation sites excluding steroid dienone is 6. The van der Waals surface area contributed by atoms with Gasteiger partial charge in [-0.05, 0) is 83.3 Å². The molecule has 0 N–H and O–H groups in total. The topological polar surface area (TPSA) is 42.7 Å². The first kappa shape index (κ1) is 36.5. The summed E-state index contributed by atoms with van der Waals surface area (Å²) in [6.45, 7) is 4.43. The Hall–Kier alpha value is -8.34. The quantitative estimate of drug-likeness (QED) is 0.168. The van der Waals surface area contributed by atoms with Crippen molar-refractivity contribution < 1.29 is 13.3 Å². The Balaban J connectivity index is 0.981. The molecule has 0 amide bonds. The van der Waals surface area contributed by atoms with E-state index in [1.807, 2.05) is 30.3 Å². The van der Waals surface area contributed by atoms with E-state index in [1.54, 1.807) is 0 Å². The molecule has 4 heteroatoms. The standard InChI is InChI=1S/C59H39NO3/c1-38-15-5-3-2-4-6-28-55-56(38)52-25-14-22-47(59(52)63-55)41-16-11-17-44(37-41)60(42-33-29-39(30-34-42)45-20-12-23-50-48-18-7-9-26-53(48)61-57(45)50)43-35-31-40(32-36-43)46-21-13-24-51-49-19-8-10-27-54(49)62-58(46)51/h2-3,5-37H,1,4H2/b3-2-,15-5-,28-6-. The first-order valence-corrected chi connectivity index (χ1v) is 21.3. The Morgan fingerprint density at radius 3 is 1.54 bits per heavy atom. The molecular formula is C59H39NO3. The molecule has 8 aromatic carbocycles. The van der Waals surface area contributed by atoms with Crippen LogP contribution in [0.2, 0.25) is 0 Å². The highest BCUT2D eigenvalue weighted by Crippen LogP contribution is 2.44. The van der Waals surface area contributed by atoms with Gasteiger partial charge < -0.3 is 18.2 Å². The van der Waals surface area contributed by atoms with Crippen LogP contribution in [0.25, 0.3) is 99.9 Å². The zero-order valence-electron chi connectivity index (χ0n) is 34.3. The second-order valence-electron chi connectivity index (χ2n) is 16.0. The molecule has 0 spiro atoms. The molecule has 12 rings (SSSR count). The van der Waals surface area contributed by atoms with Gasteiger partial charge in [-0.2, -0.15) is 0 Å². The molecule has 3 heterocycles. The fourth-order valence-corrected chi connectivity index (χ4v) is 9.27. The largest absolute Gasteiger partial charge is 0.455 e. The molecule has 0 unspecified atom stereocenters. The van der Waals surface area contributed by atoms with Crippen LogP contribution >= 0.6 is 0 Å². The molecule has 298 valence electrons. The summed E-state index contributed by atoms with van der Waals surface area (Å²) in [5.41, 5.74) is 15.7. The number of para-hydroxylation sites is 5. The van der Waals surface area contributed by atoms with Crippen LogP contribution < -0.4 is 4.90 Å². The summed E-state index contributed by atoms with van der Waals surface area (Å²) in [5.74, 6) is 0.817. The Labute approximate surface area is 364 Å². The fourth-order valence-electron chi connectivity index (χ4n) is 9.27. The maximum atomic E-state index is 6.72. The molecule has 0 bridgehead atoms. The third-order valence-corrected chi connectivity index (χ3v) is 12.2. The number of furan rings is 3. The lowest BCUT2D eigenvalue weighted by atomic mass is 9.97. The Morgan fingerprint density at radius 2 is 0.921 bits per heavy atom. The normalized spacial score (nSPS) is 14.4. The molecule has 0 aliphatic heterocycles. The van der Waals surface area contributed by atoms with Gasteiger partial charge in [-0.1, -0.05) is 164 Å². The van der Waals surface area contributed by atoms with Crippen molar-refractivity contribution in [3.8, 4) is 33.4 Å². The van der Waals surface area contributed by atoms with Crippen LogP contribution in [0.15, 0.2) is 226 Å². The van der Waals surface area contributed by atoms with Crippen molar-refractivity contribution >= 4 is 83.6 Å². The number of benzene rings is 8. The summed E-state index contributed by atoms with van der Waals surface area (Å²) in [6.07, 6.45) is 13.3. The lowest BCUT2D eigenvalue weighted by Gasteiger charge is -2.26. The van der Waals surface area contributed by atoms with Gasteiger partial charge in [0.1, 0.15) is 33.7 Å². The molecule has 0 atom stereocenters. The predicted molar refractivity (Wildman–Crippen MR) is 263 cm³/mol. The van der Waals surface area contributed by atoms with Crippen LogP contribution in [-0.2, 0) is 0 Å². The van der Waals surface area contributed by atoms with Gasteiger partial charge in [-0.25, -0.2) is 0 Å². The summed E-state index contributed by atoms with van der Waals surface area (Å²) in [6, 6.07) is 61.9. The molecule has 11 aromatic rings. The average Bonchev–Trinajstić information content (AvgIpc) is 4.03. The zero-order chi connectivity index (χ0) is 41.9. The van der Waals surface area contributed by atoms with Crippen molar-refractivity contribution in [3.63, 3.8) is 0 Å². The molecule has 1 aliphatic rings. The van der Waals surface area contributed by atoms with Crippen molar-refractivity contribution in [1.29, 1.82) is 0 Å². The minimum atomic E-state index is 0.817. The lowest BCUT2D eigenvalue weighted by molar-refractivity contribution is 0.604. The first-order chi connectivity index (χ1) is 31.2. The Bertz CT molecular complexity index is 3510. The molecule has 4 nitrogen and oxygen atoms in total. The fraction of sp³-hybridized carbons (Fsp3) is 0.0169. The number of anilines is 3. The number of nitrogens with zero attached hydrogens (tertiary/aromatic N) is 1. The summed E-state index contributed by atoms with van der Waals surface area (Å²) in [5, 5.41) is 5.51. The molecule has 0 radical (unpaired) electrons. The van der Waals surface area contributed by atoms with E-state index in [0.29, 0.717) is 0 Å². The number of fused-ring (bicyclic) bond motifs is 9. The van der Waals surface area contributed by atoms with E-state index in [9.17, 15) is 0 Å². The summed E-state index contributed by atoms with van der Waals surface area (Å²) < 4.78 is 19.6. The van der Waals surface area contributed by atoms with E-state index < -0.39 is 0 Å². The minimum absolute atomic E-state index is 0.817. The van der Waals surface area contributed by atoms with Gasteiger partial charge in [0.25, 0.3) is 0 Å². The smallest absolute Gasteiger partial charge is 0.143 e. The molecule has 0 fully saturated rings. The average molecular weight is 810 g/mol. The highest BCUT2D eigenvalue weighted by Gasteiger charge is 2.21. The minimum Gasteiger partial charge on any atom is -0.455 e. The molecular weight excluding hydrogens is 771 g/mol. The Morgan fingerprint density at radius 1 is 0.397 bits per heavy atom. The molecule has 63 heavy (non-hydrogen) atoms. The number of rotatable bonds is 6. The van der Waals surface area contributed by atoms with E-state index in [4.69, 9.17) is 13.3 Å². The van der Waals surface area contributed by atoms with Crippen molar-refractivity contribution in [2.24, 2.45) is 0 Å². The van der Waals surface area contributed by atoms with Crippen LogP contribution in [0.3, 0.4) is 0 Å². The second kappa shape index (κ2) is 15.0. The Kier molecular flexibility index (Phi) is 8.68. The lowest BCUT2D eigenvalue weighted by Crippen LogP contribution is -2.10. The number of hydrogen-bond donors (Lipinski definition) is 0. The third kappa shape index (κ3) is 6.23. The SMILES string of the molecule is C=C1/C=C\C=C/C/C=C\c2oc3c(-c4cccc(N(c5ccc(-c6cccc7c6oc6ccccc67)cc5)c5ccc(-c6cccc7c6oc6ccccc67)cc5)c4)cccc3c21. The molecule has 3 aromatic heterocycles. The molecule has 0 saturated heterocycles. The van der Waals surface area contributed by atoms with E-state index in [1.165, 1.54) is 0 Å². The van der Waals surface area contributed by atoms with Gasteiger partial charge in [0, 0.05) is 66.2 Å². The van der Waals surface area contributed by atoms with E-state index in [0.717, 1.165) is 129 Å². The van der Waals surface area contributed by atoms with Crippen LogP contribution in [0.1, 0.15) is 17.7 Å². The van der Waals surface area contributed by atoms with Crippen molar-refractivity contribution in [2.75, 3.05) is 4.90 Å². The van der Waals surface area contributed by atoms with E-state index in [-0.39, 0.29) is 0 Å². The van der Waals surface area contributed by atoms with Gasteiger partial charge in [0.05, 0.1) is 0 Å². The first-order valence-electron chi connectivity index (χ1n) is 21.3. The van der Waals surface area contributed by atoms with Crippen LogP contribution in [0.5, 0.6) is 0 Å². The summed E-state index contributed by atoms with van der Waals surface area (Å²) >= 11 is 0. The predicted octanol–water partition coefficient (Wildman–Crippen LogP) is 17.2. The number of hydrogen-bond acceptors (Lipinski definition) is 4. The van der Waals surface area contributed by atoms with Gasteiger partial charge >= 0.3 is 0 Å². The van der Waals surface area contributed by atoms with E-state index >= 15 is 0 Å². The van der Waals surface area contributed by atoms with Crippen LogP contribution in [-0.4, -0.2) is 0 Å². The van der Waals surface area contributed by atoms with Crippen molar-refractivity contribution in [2.45, 2.75) is 6.42 Å².